The van der Waals surface area contributed by atoms with Crippen molar-refractivity contribution in [3.8, 4) is 0 Å². The summed E-state index contributed by atoms with van der Waals surface area (Å²) < 4.78 is 0. The Morgan fingerprint density at radius 2 is 2.22 bits per heavy atom. The molecule has 2 heterocycles. The molecule has 18 heavy (non-hydrogen) atoms. The van der Waals surface area contributed by atoms with Crippen molar-refractivity contribution in [1.29, 1.82) is 0 Å². The molecular formula is C14H22N4. The van der Waals surface area contributed by atoms with Gasteiger partial charge in [-0.3, -0.25) is 0 Å². The van der Waals surface area contributed by atoms with E-state index in [-0.39, 0.29) is 0 Å². The third-order valence-electron chi connectivity index (χ3n) is 4.30. The number of nitrogens with two attached hydrogens (primary N) is 1. The van der Waals surface area contributed by atoms with Gasteiger partial charge in [0.05, 0.1) is 0 Å². The highest BCUT2D eigenvalue weighted by Crippen LogP contribution is 2.31. The Balaban J connectivity index is 1.82. The standard InChI is InChI=1S/C14H22N4/c1-2-4-10-7-18(8-12(10)15)14-11-5-3-6-13(11)16-9-17-14/h9-10,12H,2-8,15H2,1H3/t10-,12-/m0/s1. The Morgan fingerprint density at radius 3 is 3.06 bits per heavy atom. The van der Waals surface area contributed by atoms with Crippen LogP contribution in [-0.4, -0.2) is 29.1 Å². The Hall–Kier alpha value is -1.16. The van der Waals surface area contributed by atoms with Crippen molar-refractivity contribution >= 4 is 5.82 Å². The quantitative estimate of drug-likeness (QED) is 0.878. The van der Waals surface area contributed by atoms with Crippen LogP contribution in [0, 0.1) is 5.92 Å². The van der Waals surface area contributed by atoms with Gasteiger partial charge in [-0.15, -0.1) is 0 Å². The second kappa shape index (κ2) is 4.84. The largest absolute Gasteiger partial charge is 0.354 e. The molecule has 2 atom stereocenters. The SMILES string of the molecule is CCC[C@H]1CN(c2ncnc3c2CCC3)C[C@@H]1N. The van der Waals surface area contributed by atoms with Gasteiger partial charge in [-0.05, 0) is 31.6 Å². The van der Waals surface area contributed by atoms with Gasteiger partial charge in [0.1, 0.15) is 12.1 Å². The summed E-state index contributed by atoms with van der Waals surface area (Å²) in [6.45, 7) is 4.25. The lowest BCUT2D eigenvalue weighted by Gasteiger charge is -2.19. The summed E-state index contributed by atoms with van der Waals surface area (Å²) >= 11 is 0. The number of nitrogens with zero attached hydrogens (tertiary/aromatic N) is 3. The maximum absolute atomic E-state index is 6.25. The lowest BCUT2D eigenvalue weighted by molar-refractivity contribution is 0.472. The van der Waals surface area contributed by atoms with Gasteiger partial charge in [0.25, 0.3) is 0 Å². The minimum absolute atomic E-state index is 0.303. The molecule has 2 N–H and O–H groups in total. The van der Waals surface area contributed by atoms with E-state index >= 15 is 0 Å². The smallest absolute Gasteiger partial charge is 0.135 e. The van der Waals surface area contributed by atoms with Crippen LogP contribution >= 0.6 is 0 Å². The minimum Gasteiger partial charge on any atom is -0.354 e. The lowest BCUT2D eigenvalue weighted by atomic mass is 9.99. The van der Waals surface area contributed by atoms with E-state index in [1.165, 1.54) is 30.5 Å². The zero-order chi connectivity index (χ0) is 12.5. The average molecular weight is 246 g/mol. The Labute approximate surface area is 109 Å². The Bertz CT molecular complexity index is 432. The first-order chi connectivity index (χ1) is 8.79. The summed E-state index contributed by atoms with van der Waals surface area (Å²) in [6, 6.07) is 0.303. The van der Waals surface area contributed by atoms with Crippen LogP contribution in [0.25, 0.3) is 0 Å². The van der Waals surface area contributed by atoms with E-state index in [0.717, 1.165) is 31.7 Å². The molecule has 1 aromatic rings. The van der Waals surface area contributed by atoms with Gasteiger partial charge in [-0.1, -0.05) is 13.3 Å². The molecule has 1 aliphatic heterocycles. The molecule has 1 aliphatic carbocycles. The normalized spacial score (nSPS) is 26.7. The molecular weight excluding hydrogens is 224 g/mol. The van der Waals surface area contributed by atoms with E-state index in [0.29, 0.717) is 12.0 Å². The number of rotatable bonds is 3. The van der Waals surface area contributed by atoms with Crippen molar-refractivity contribution in [1.82, 2.24) is 9.97 Å². The Kier molecular flexibility index (Phi) is 3.20. The molecule has 4 heteroatoms. The predicted molar refractivity (Wildman–Crippen MR) is 72.6 cm³/mol. The molecule has 1 fully saturated rings. The van der Waals surface area contributed by atoms with Crippen molar-refractivity contribution in [3.63, 3.8) is 0 Å². The van der Waals surface area contributed by atoms with E-state index in [1.54, 1.807) is 6.33 Å². The zero-order valence-corrected chi connectivity index (χ0v) is 11.1. The van der Waals surface area contributed by atoms with Gasteiger partial charge >= 0.3 is 0 Å². The maximum atomic E-state index is 6.25. The highest BCUT2D eigenvalue weighted by molar-refractivity contribution is 5.51. The summed E-state index contributed by atoms with van der Waals surface area (Å²) in [5.74, 6) is 1.79. The van der Waals surface area contributed by atoms with Gasteiger partial charge in [-0.2, -0.15) is 0 Å². The third-order valence-corrected chi connectivity index (χ3v) is 4.30. The lowest BCUT2D eigenvalue weighted by Crippen LogP contribution is -2.30. The monoisotopic (exact) mass is 246 g/mol. The number of aromatic nitrogens is 2. The fraction of sp³-hybridized carbons (Fsp3) is 0.714. The first-order valence-corrected chi connectivity index (χ1v) is 7.13. The summed E-state index contributed by atoms with van der Waals surface area (Å²) in [6.07, 6.45) is 7.63. The molecule has 0 bridgehead atoms. The summed E-state index contributed by atoms with van der Waals surface area (Å²) in [4.78, 5) is 11.3. The number of fused-ring (bicyclic) bond motifs is 1. The minimum atomic E-state index is 0.303. The molecule has 0 amide bonds. The number of hydrogen-bond donors (Lipinski definition) is 1. The van der Waals surface area contributed by atoms with E-state index < -0.39 is 0 Å². The molecule has 98 valence electrons. The third kappa shape index (κ3) is 1.99. The molecule has 0 aromatic carbocycles. The first kappa shape index (κ1) is 11.9. The van der Waals surface area contributed by atoms with E-state index in [4.69, 9.17) is 5.73 Å². The van der Waals surface area contributed by atoms with Gasteiger partial charge in [0.2, 0.25) is 0 Å². The van der Waals surface area contributed by atoms with Crippen molar-refractivity contribution in [2.45, 2.75) is 45.1 Å². The molecule has 1 saturated heterocycles. The zero-order valence-electron chi connectivity index (χ0n) is 11.1. The van der Waals surface area contributed by atoms with Crippen LogP contribution < -0.4 is 10.6 Å². The van der Waals surface area contributed by atoms with Crippen molar-refractivity contribution < 1.29 is 0 Å². The van der Waals surface area contributed by atoms with Gasteiger partial charge < -0.3 is 10.6 Å². The summed E-state index contributed by atoms with van der Waals surface area (Å²) in [7, 11) is 0. The molecule has 0 spiro atoms. The van der Waals surface area contributed by atoms with E-state index in [9.17, 15) is 0 Å². The van der Waals surface area contributed by atoms with Crippen LogP contribution in [0.3, 0.4) is 0 Å². The summed E-state index contributed by atoms with van der Waals surface area (Å²) in [5, 5.41) is 0. The topological polar surface area (TPSA) is 55.0 Å². The van der Waals surface area contributed by atoms with Crippen LogP contribution in [0.1, 0.15) is 37.4 Å². The van der Waals surface area contributed by atoms with Crippen LogP contribution in [0.5, 0.6) is 0 Å². The fourth-order valence-corrected chi connectivity index (χ4v) is 3.36. The van der Waals surface area contributed by atoms with Gasteiger partial charge in [0.15, 0.2) is 0 Å². The average Bonchev–Trinajstić information content (AvgIpc) is 2.96. The van der Waals surface area contributed by atoms with Crippen LogP contribution in [-0.2, 0) is 12.8 Å². The molecule has 1 aromatic heterocycles. The maximum Gasteiger partial charge on any atom is 0.135 e. The van der Waals surface area contributed by atoms with Gasteiger partial charge in [-0.25, -0.2) is 9.97 Å². The second-order valence-corrected chi connectivity index (χ2v) is 5.59. The molecule has 0 unspecified atom stereocenters. The number of anilines is 1. The number of aryl methyl sites for hydroxylation is 1. The van der Waals surface area contributed by atoms with Gasteiger partial charge in [0, 0.05) is 30.4 Å². The highest BCUT2D eigenvalue weighted by atomic mass is 15.2. The van der Waals surface area contributed by atoms with Crippen molar-refractivity contribution in [2.24, 2.45) is 11.7 Å². The van der Waals surface area contributed by atoms with Crippen molar-refractivity contribution in [3.05, 3.63) is 17.6 Å². The number of hydrogen-bond acceptors (Lipinski definition) is 4. The first-order valence-electron chi connectivity index (χ1n) is 7.13. The van der Waals surface area contributed by atoms with Crippen LogP contribution in [0.2, 0.25) is 0 Å². The second-order valence-electron chi connectivity index (χ2n) is 5.59. The Morgan fingerprint density at radius 1 is 1.33 bits per heavy atom. The molecule has 0 radical (unpaired) electrons. The fourth-order valence-electron chi connectivity index (χ4n) is 3.36. The van der Waals surface area contributed by atoms with E-state index in [2.05, 4.69) is 21.8 Å². The predicted octanol–water partition coefficient (Wildman–Crippen LogP) is 1.53. The molecule has 2 aliphatic rings. The molecule has 4 nitrogen and oxygen atoms in total. The molecule has 3 rings (SSSR count). The highest BCUT2D eigenvalue weighted by Gasteiger charge is 2.32. The van der Waals surface area contributed by atoms with Crippen LogP contribution in [0.15, 0.2) is 6.33 Å². The van der Waals surface area contributed by atoms with Crippen molar-refractivity contribution in [2.75, 3.05) is 18.0 Å². The summed E-state index contributed by atoms with van der Waals surface area (Å²) in [5.41, 5.74) is 8.89. The molecule has 0 saturated carbocycles. The van der Waals surface area contributed by atoms with E-state index in [1.807, 2.05) is 0 Å². The van der Waals surface area contributed by atoms with Crippen LogP contribution in [0.4, 0.5) is 5.82 Å².